The number of imide groups is 1. The van der Waals surface area contributed by atoms with E-state index >= 15 is 0 Å². The standard InChI is InChI=1S/C27H23NO5S/c1-2-32-24-15-20(13-14-23(24)33-18-19-9-5-3-6-10-19)16-25-26(30)28(27(31)34-25)17-22(29)21-11-7-4-8-12-21/h3-16H,2,17-18H2,1H3/b25-16+. The molecule has 0 bridgehead atoms. The summed E-state index contributed by atoms with van der Waals surface area (Å²) in [5.41, 5.74) is 2.18. The van der Waals surface area contributed by atoms with E-state index in [9.17, 15) is 14.4 Å². The number of thioether (sulfide) groups is 1. The van der Waals surface area contributed by atoms with Crippen LogP contribution in [-0.4, -0.2) is 35.0 Å². The molecular weight excluding hydrogens is 450 g/mol. The summed E-state index contributed by atoms with van der Waals surface area (Å²) in [4.78, 5) is 39.0. The molecule has 3 aromatic rings. The van der Waals surface area contributed by atoms with Crippen LogP contribution >= 0.6 is 11.8 Å². The maximum absolute atomic E-state index is 12.8. The second-order valence-corrected chi connectivity index (χ2v) is 8.46. The lowest BCUT2D eigenvalue weighted by Gasteiger charge is -2.13. The number of amides is 2. The molecule has 1 aliphatic rings. The quantitative estimate of drug-likeness (QED) is 0.298. The molecule has 1 fully saturated rings. The molecule has 6 nitrogen and oxygen atoms in total. The minimum absolute atomic E-state index is 0.256. The molecule has 0 spiro atoms. The number of hydrogen-bond donors (Lipinski definition) is 0. The van der Waals surface area contributed by atoms with Gasteiger partial charge in [0.05, 0.1) is 18.1 Å². The van der Waals surface area contributed by atoms with Gasteiger partial charge in [0.2, 0.25) is 0 Å². The lowest BCUT2D eigenvalue weighted by atomic mass is 10.1. The van der Waals surface area contributed by atoms with Gasteiger partial charge in [-0.25, -0.2) is 0 Å². The van der Waals surface area contributed by atoms with Crippen molar-refractivity contribution < 1.29 is 23.9 Å². The summed E-state index contributed by atoms with van der Waals surface area (Å²) in [7, 11) is 0. The van der Waals surface area contributed by atoms with Gasteiger partial charge in [0.25, 0.3) is 11.1 Å². The highest BCUT2D eigenvalue weighted by Gasteiger charge is 2.36. The number of rotatable bonds is 9. The normalized spacial score (nSPS) is 14.5. The van der Waals surface area contributed by atoms with Gasteiger partial charge in [-0.2, -0.15) is 0 Å². The molecular formula is C27H23NO5S. The van der Waals surface area contributed by atoms with Crippen LogP contribution in [0.1, 0.15) is 28.4 Å². The lowest BCUT2D eigenvalue weighted by Crippen LogP contribution is -2.33. The molecule has 0 N–H and O–H groups in total. The highest BCUT2D eigenvalue weighted by atomic mass is 32.2. The van der Waals surface area contributed by atoms with E-state index in [0.717, 1.165) is 22.2 Å². The van der Waals surface area contributed by atoms with Crippen LogP contribution in [0.4, 0.5) is 4.79 Å². The Bertz CT molecular complexity index is 1220. The second kappa shape index (κ2) is 10.9. The van der Waals surface area contributed by atoms with Gasteiger partial charge in [0, 0.05) is 5.56 Å². The highest BCUT2D eigenvalue weighted by molar-refractivity contribution is 8.18. The Hall–Kier alpha value is -3.84. The van der Waals surface area contributed by atoms with Crippen molar-refractivity contribution in [2.75, 3.05) is 13.2 Å². The maximum Gasteiger partial charge on any atom is 0.293 e. The first-order valence-corrected chi connectivity index (χ1v) is 11.6. The fourth-order valence-electron chi connectivity index (χ4n) is 3.38. The third-order valence-electron chi connectivity index (χ3n) is 5.07. The average Bonchev–Trinajstić information content (AvgIpc) is 3.12. The molecule has 7 heteroatoms. The van der Waals surface area contributed by atoms with Crippen LogP contribution in [-0.2, 0) is 11.4 Å². The van der Waals surface area contributed by atoms with Crippen molar-refractivity contribution in [1.82, 2.24) is 4.90 Å². The smallest absolute Gasteiger partial charge is 0.293 e. The first-order chi connectivity index (χ1) is 16.5. The number of carbonyl (C=O) groups excluding carboxylic acids is 3. The minimum Gasteiger partial charge on any atom is -0.490 e. The molecule has 34 heavy (non-hydrogen) atoms. The molecule has 1 heterocycles. The molecule has 0 aromatic heterocycles. The van der Waals surface area contributed by atoms with Crippen LogP contribution in [0.25, 0.3) is 6.08 Å². The van der Waals surface area contributed by atoms with E-state index in [1.807, 2.05) is 37.3 Å². The second-order valence-electron chi connectivity index (χ2n) is 7.47. The SMILES string of the molecule is CCOc1cc(/C=C2/SC(=O)N(CC(=O)c3ccccc3)C2=O)ccc1OCc1ccccc1. The van der Waals surface area contributed by atoms with Gasteiger partial charge in [-0.1, -0.05) is 66.7 Å². The Labute approximate surface area is 202 Å². The zero-order valence-electron chi connectivity index (χ0n) is 18.6. The molecule has 3 aromatic carbocycles. The number of nitrogens with zero attached hydrogens (tertiary/aromatic N) is 1. The monoisotopic (exact) mass is 473 g/mol. The summed E-state index contributed by atoms with van der Waals surface area (Å²) in [6.07, 6.45) is 1.63. The van der Waals surface area contributed by atoms with Crippen LogP contribution in [0.2, 0.25) is 0 Å². The fourth-order valence-corrected chi connectivity index (χ4v) is 4.22. The van der Waals surface area contributed by atoms with Crippen molar-refractivity contribution in [1.29, 1.82) is 0 Å². The molecule has 0 radical (unpaired) electrons. The van der Waals surface area contributed by atoms with E-state index < -0.39 is 11.1 Å². The van der Waals surface area contributed by atoms with E-state index in [1.54, 1.807) is 54.6 Å². The number of ketones is 1. The maximum atomic E-state index is 12.8. The van der Waals surface area contributed by atoms with Crippen molar-refractivity contribution in [3.63, 3.8) is 0 Å². The van der Waals surface area contributed by atoms with Gasteiger partial charge in [0.15, 0.2) is 17.3 Å². The topological polar surface area (TPSA) is 72.9 Å². The summed E-state index contributed by atoms with van der Waals surface area (Å²) >= 11 is 0.819. The Morgan fingerprint density at radius 3 is 2.32 bits per heavy atom. The van der Waals surface area contributed by atoms with Crippen LogP contribution in [0.3, 0.4) is 0 Å². The number of carbonyl (C=O) groups is 3. The summed E-state index contributed by atoms with van der Waals surface area (Å²) < 4.78 is 11.7. The van der Waals surface area contributed by atoms with Crippen molar-refractivity contribution in [2.24, 2.45) is 0 Å². The van der Waals surface area contributed by atoms with Crippen molar-refractivity contribution >= 4 is 34.8 Å². The number of ether oxygens (including phenoxy) is 2. The van der Waals surface area contributed by atoms with E-state index in [4.69, 9.17) is 9.47 Å². The molecule has 1 aliphatic heterocycles. The average molecular weight is 474 g/mol. The van der Waals surface area contributed by atoms with Crippen molar-refractivity contribution in [3.05, 3.63) is 100 Å². The van der Waals surface area contributed by atoms with Crippen LogP contribution in [0, 0.1) is 0 Å². The molecule has 1 saturated heterocycles. The van der Waals surface area contributed by atoms with Gasteiger partial charge in [-0.3, -0.25) is 19.3 Å². The van der Waals surface area contributed by atoms with Crippen LogP contribution in [0.15, 0.2) is 83.8 Å². The van der Waals surface area contributed by atoms with Gasteiger partial charge >= 0.3 is 0 Å². The zero-order chi connectivity index (χ0) is 23.9. The molecule has 0 unspecified atom stereocenters. The summed E-state index contributed by atoms with van der Waals surface area (Å²) in [5, 5.41) is -0.464. The summed E-state index contributed by atoms with van der Waals surface area (Å²) in [5.74, 6) is 0.361. The predicted molar refractivity (Wildman–Crippen MR) is 132 cm³/mol. The Balaban J connectivity index is 1.49. The van der Waals surface area contributed by atoms with Gasteiger partial charge < -0.3 is 9.47 Å². The highest BCUT2D eigenvalue weighted by Crippen LogP contribution is 2.35. The molecule has 172 valence electrons. The molecule has 4 rings (SSSR count). The van der Waals surface area contributed by atoms with Crippen molar-refractivity contribution in [3.8, 4) is 11.5 Å². The van der Waals surface area contributed by atoms with Gasteiger partial charge in [0.1, 0.15) is 6.61 Å². The van der Waals surface area contributed by atoms with Gasteiger partial charge in [-0.05, 0) is 48.0 Å². The Morgan fingerprint density at radius 2 is 1.62 bits per heavy atom. The predicted octanol–water partition coefficient (Wildman–Crippen LogP) is 5.58. The zero-order valence-corrected chi connectivity index (χ0v) is 19.4. The van der Waals surface area contributed by atoms with Crippen molar-refractivity contribution in [2.45, 2.75) is 13.5 Å². The Kier molecular flexibility index (Phi) is 7.44. The fraction of sp³-hybridized carbons (Fsp3) is 0.148. The molecule has 0 atom stereocenters. The Morgan fingerprint density at radius 1 is 0.912 bits per heavy atom. The molecule has 2 amide bonds. The number of benzene rings is 3. The van der Waals surface area contributed by atoms with Gasteiger partial charge in [-0.15, -0.1) is 0 Å². The number of Topliss-reactive ketones (excluding diaryl/α,β-unsaturated/α-hetero) is 1. The summed E-state index contributed by atoms with van der Waals surface area (Å²) in [6, 6.07) is 23.8. The molecule has 0 saturated carbocycles. The molecule has 0 aliphatic carbocycles. The summed E-state index contributed by atoms with van der Waals surface area (Å²) in [6.45, 7) is 2.43. The van der Waals surface area contributed by atoms with E-state index in [0.29, 0.717) is 35.8 Å². The number of hydrogen-bond acceptors (Lipinski definition) is 6. The van der Waals surface area contributed by atoms with E-state index in [1.165, 1.54) is 0 Å². The first-order valence-electron chi connectivity index (χ1n) is 10.8. The minimum atomic E-state index is -0.485. The largest absolute Gasteiger partial charge is 0.490 e. The van der Waals surface area contributed by atoms with Crippen LogP contribution < -0.4 is 9.47 Å². The lowest BCUT2D eigenvalue weighted by molar-refractivity contribution is -0.122. The van der Waals surface area contributed by atoms with Crippen LogP contribution in [0.5, 0.6) is 11.5 Å². The van der Waals surface area contributed by atoms with E-state index in [-0.39, 0.29) is 17.2 Å². The van der Waals surface area contributed by atoms with E-state index in [2.05, 4.69) is 0 Å². The first kappa shape index (κ1) is 23.3. The third kappa shape index (κ3) is 5.55. The third-order valence-corrected chi connectivity index (χ3v) is 5.98.